The van der Waals surface area contributed by atoms with Gasteiger partial charge in [0.2, 0.25) is 11.5 Å². The number of hydrogen-bond acceptors (Lipinski definition) is 5. The number of nitrogens with one attached hydrogen (secondary N) is 2. The minimum Gasteiger partial charge on any atom is -0.448 e. The molecule has 0 spiro atoms. The van der Waals surface area contributed by atoms with Gasteiger partial charge in [0.1, 0.15) is 17.6 Å². The van der Waals surface area contributed by atoms with Crippen LogP contribution >= 0.6 is 12.4 Å². The molecule has 2 N–H and O–H groups in total. The van der Waals surface area contributed by atoms with E-state index in [4.69, 9.17) is 4.42 Å². The smallest absolute Gasteiger partial charge is 0.297 e. The van der Waals surface area contributed by atoms with Gasteiger partial charge in [-0.15, -0.1) is 12.4 Å². The van der Waals surface area contributed by atoms with Crippen molar-refractivity contribution in [1.82, 2.24) is 20.2 Å². The van der Waals surface area contributed by atoms with Crippen molar-refractivity contribution in [1.29, 1.82) is 0 Å². The summed E-state index contributed by atoms with van der Waals surface area (Å²) in [7, 11) is 0. The van der Waals surface area contributed by atoms with Crippen LogP contribution in [0, 0.1) is 0 Å². The molecule has 1 aliphatic heterocycles. The summed E-state index contributed by atoms with van der Waals surface area (Å²) >= 11 is 0. The molecule has 0 saturated heterocycles. The van der Waals surface area contributed by atoms with E-state index >= 15 is 0 Å². The number of carbonyl (C=O) groups excluding carboxylic acids is 1. The molecule has 3 aromatic rings. The Labute approximate surface area is 155 Å². The molecule has 1 amide bonds. The molecule has 0 saturated carbocycles. The van der Waals surface area contributed by atoms with E-state index < -0.39 is 0 Å². The number of para-hydroxylation sites is 1. The zero-order valence-electron chi connectivity index (χ0n) is 14.0. The summed E-state index contributed by atoms with van der Waals surface area (Å²) < 4.78 is 6.89. The molecule has 1 aromatic carbocycles. The van der Waals surface area contributed by atoms with Crippen LogP contribution in [0.1, 0.15) is 6.42 Å². The van der Waals surface area contributed by atoms with Crippen molar-refractivity contribution in [2.45, 2.75) is 13.0 Å². The molecule has 4 rings (SSSR count). The van der Waals surface area contributed by atoms with Crippen LogP contribution in [-0.2, 0) is 11.3 Å². The van der Waals surface area contributed by atoms with Gasteiger partial charge < -0.3 is 15.1 Å². The molecular formula is C18H19ClN4O3. The molecule has 136 valence electrons. The number of halogens is 1. The number of furan rings is 1. The monoisotopic (exact) mass is 374 g/mol. The fourth-order valence-electron chi connectivity index (χ4n) is 2.98. The van der Waals surface area contributed by atoms with Gasteiger partial charge in [-0.2, -0.15) is 0 Å². The van der Waals surface area contributed by atoms with Gasteiger partial charge in [-0.1, -0.05) is 23.8 Å². The van der Waals surface area contributed by atoms with Crippen LogP contribution < -0.4 is 16.2 Å². The lowest BCUT2D eigenvalue weighted by atomic mass is 10.1. The summed E-state index contributed by atoms with van der Waals surface area (Å²) in [6, 6.07) is 7.36. The second kappa shape index (κ2) is 7.72. The minimum atomic E-state index is -0.350. The molecule has 3 heterocycles. The Hall–Kier alpha value is -2.64. The van der Waals surface area contributed by atoms with Crippen molar-refractivity contribution < 1.29 is 9.21 Å². The van der Waals surface area contributed by atoms with Gasteiger partial charge in [0.05, 0.1) is 6.33 Å². The fraction of sp³-hybridized carbons (Fsp3) is 0.278. The van der Waals surface area contributed by atoms with E-state index in [1.54, 1.807) is 6.07 Å². The van der Waals surface area contributed by atoms with E-state index in [0.29, 0.717) is 17.6 Å². The molecule has 0 fully saturated rings. The average Bonchev–Trinajstić information content (AvgIpc) is 3.03. The van der Waals surface area contributed by atoms with E-state index in [1.807, 2.05) is 18.2 Å². The van der Waals surface area contributed by atoms with E-state index in [9.17, 15) is 9.59 Å². The van der Waals surface area contributed by atoms with Crippen molar-refractivity contribution in [3.05, 3.63) is 52.6 Å². The van der Waals surface area contributed by atoms with Crippen molar-refractivity contribution in [3.8, 4) is 0 Å². The lowest BCUT2D eigenvalue weighted by Crippen LogP contribution is -2.34. The first-order valence-corrected chi connectivity index (χ1v) is 8.24. The van der Waals surface area contributed by atoms with Crippen LogP contribution in [0.5, 0.6) is 0 Å². The Morgan fingerprint density at radius 2 is 2.19 bits per heavy atom. The van der Waals surface area contributed by atoms with E-state index in [1.165, 1.54) is 16.5 Å². The maximum Gasteiger partial charge on any atom is 0.297 e. The molecule has 1 aliphatic rings. The first-order chi connectivity index (χ1) is 12.2. The summed E-state index contributed by atoms with van der Waals surface area (Å²) in [5.41, 5.74) is 2.17. The maximum absolute atomic E-state index is 12.6. The molecule has 8 heteroatoms. The molecule has 0 aliphatic carbocycles. The van der Waals surface area contributed by atoms with E-state index in [0.717, 1.165) is 24.9 Å². The number of amides is 1. The summed E-state index contributed by atoms with van der Waals surface area (Å²) in [6.45, 7) is 2.19. The highest BCUT2D eigenvalue weighted by Gasteiger charge is 2.14. The Bertz CT molecular complexity index is 1040. The summed E-state index contributed by atoms with van der Waals surface area (Å²) in [5.74, 6) is -0.223. The normalized spacial score (nSPS) is 14.1. The number of fused-ring (bicyclic) bond motifs is 3. The molecule has 0 unspecified atom stereocenters. The third-order valence-electron chi connectivity index (χ3n) is 4.34. The summed E-state index contributed by atoms with van der Waals surface area (Å²) in [6.07, 6.45) is 4.40. The van der Waals surface area contributed by atoms with Gasteiger partial charge in [0.15, 0.2) is 0 Å². The number of nitrogens with zero attached hydrogens (tertiary/aromatic N) is 2. The Kier molecular flexibility index (Phi) is 5.39. The summed E-state index contributed by atoms with van der Waals surface area (Å²) in [4.78, 5) is 29.0. The number of benzene rings is 1. The zero-order valence-corrected chi connectivity index (χ0v) is 14.8. The predicted octanol–water partition coefficient (Wildman–Crippen LogP) is 1.60. The highest BCUT2D eigenvalue weighted by atomic mass is 35.5. The number of carbonyl (C=O) groups is 1. The SMILES string of the molecule is Cl.O=C(Cn1cnc2c(oc3ccccc32)c1=O)NCC1=CCNCC1. The minimum absolute atomic E-state index is 0. The number of aromatic nitrogens is 2. The van der Waals surface area contributed by atoms with Gasteiger partial charge in [-0.25, -0.2) is 4.98 Å². The molecule has 0 bridgehead atoms. The van der Waals surface area contributed by atoms with Crippen LogP contribution in [0.3, 0.4) is 0 Å². The third kappa shape index (κ3) is 3.49. The average molecular weight is 375 g/mol. The molecule has 2 aromatic heterocycles. The first-order valence-electron chi connectivity index (χ1n) is 8.24. The van der Waals surface area contributed by atoms with Crippen LogP contribution in [0.15, 0.2) is 51.5 Å². The Balaban J connectivity index is 0.00000196. The van der Waals surface area contributed by atoms with E-state index in [-0.39, 0.29) is 36.0 Å². The van der Waals surface area contributed by atoms with Crippen molar-refractivity contribution >= 4 is 40.4 Å². The Morgan fingerprint density at radius 3 is 3.00 bits per heavy atom. The Morgan fingerprint density at radius 1 is 1.35 bits per heavy atom. The van der Waals surface area contributed by atoms with Crippen LogP contribution in [0.4, 0.5) is 0 Å². The van der Waals surface area contributed by atoms with Crippen molar-refractivity contribution in [2.24, 2.45) is 0 Å². The first kappa shape index (κ1) is 18.2. The highest BCUT2D eigenvalue weighted by molar-refractivity contribution is 6.01. The topological polar surface area (TPSA) is 89.2 Å². The van der Waals surface area contributed by atoms with E-state index in [2.05, 4.69) is 21.7 Å². The largest absolute Gasteiger partial charge is 0.448 e. The number of hydrogen-bond donors (Lipinski definition) is 2. The van der Waals surface area contributed by atoms with Crippen LogP contribution in [0.2, 0.25) is 0 Å². The summed E-state index contributed by atoms with van der Waals surface area (Å²) in [5, 5.41) is 6.87. The third-order valence-corrected chi connectivity index (χ3v) is 4.34. The van der Waals surface area contributed by atoms with Crippen molar-refractivity contribution in [3.63, 3.8) is 0 Å². The maximum atomic E-state index is 12.6. The second-order valence-electron chi connectivity index (χ2n) is 6.05. The van der Waals surface area contributed by atoms with Crippen LogP contribution in [0.25, 0.3) is 22.1 Å². The second-order valence-corrected chi connectivity index (χ2v) is 6.05. The standard InChI is InChI=1S/C18H18N4O3.ClH/c23-15(20-9-12-5-7-19-8-6-12)10-22-11-21-16-13-3-1-2-4-14(13)25-17(16)18(22)24;/h1-5,11,19H,6-10H2,(H,20,23);1H. The molecular weight excluding hydrogens is 356 g/mol. The van der Waals surface area contributed by atoms with Crippen molar-refractivity contribution in [2.75, 3.05) is 19.6 Å². The van der Waals surface area contributed by atoms with Gasteiger partial charge in [0, 0.05) is 18.5 Å². The molecule has 26 heavy (non-hydrogen) atoms. The fourth-order valence-corrected chi connectivity index (χ4v) is 2.98. The quantitative estimate of drug-likeness (QED) is 0.677. The highest BCUT2D eigenvalue weighted by Crippen LogP contribution is 2.23. The predicted molar refractivity (Wildman–Crippen MR) is 102 cm³/mol. The molecule has 0 radical (unpaired) electrons. The van der Waals surface area contributed by atoms with Gasteiger partial charge in [-0.3, -0.25) is 14.2 Å². The lowest BCUT2D eigenvalue weighted by Gasteiger charge is -2.14. The van der Waals surface area contributed by atoms with Gasteiger partial charge in [0.25, 0.3) is 5.56 Å². The van der Waals surface area contributed by atoms with Gasteiger partial charge >= 0.3 is 0 Å². The lowest BCUT2D eigenvalue weighted by molar-refractivity contribution is -0.121. The van der Waals surface area contributed by atoms with Gasteiger partial charge in [-0.05, 0) is 25.1 Å². The molecule has 7 nitrogen and oxygen atoms in total. The number of rotatable bonds is 4. The van der Waals surface area contributed by atoms with Crippen LogP contribution in [-0.4, -0.2) is 35.1 Å². The molecule has 0 atom stereocenters. The zero-order chi connectivity index (χ0) is 17.2.